The van der Waals surface area contributed by atoms with Gasteiger partial charge in [0.1, 0.15) is 8.07 Å². The van der Waals surface area contributed by atoms with Gasteiger partial charge >= 0.3 is 5.97 Å². The van der Waals surface area contributed by atoms with Gasteiger partial charge in [0, 0.05) is 16.1 Å². The molecule has 0 saturated heterocycles. The molecule has 0 unspecified atom stereocenters. The number of hydrogen-bond acceptors (Lipinski definition) is 2. The molecular weight excluding hydrogens is 355 g/mol. The van der Waals surface area contributed by atoms with Crippen molar-refractivity contribution >= 4 is 36.6 Å². The minimum absolute atomic E-state index is 0.302. The highest BCUT2D eigenvalue weighted by atomic mass is 127. The van der Waals surface area contributed by atoms with Gasteiger partial charge in [-0.3, -0.25) is 4.79 Å². The van der Waals surface area contributed by atoms with Crippen molar-refractivity contribution in [3.63, 3.8) is 0 Å². The van der Waals surface area contributed by atoms with E-state index in [9.17, 15) is 4.79 Å². The Labute approximate surface area is 123 Å². The summed E-state index contributed by atoms with van der Waals surface area (Å²) in [6.07, 6.45) is -0.453. The Kier molecular flexibility index (Phi) is 5.41. The van der Waals surface area contributed by atoms with Crippen LogP contribution in [-0.4, -0.2) is 14.0 Å². The van der Waals surface area contributed by atoms with E-state index in [1.807, 2.05) is 24.3 Å². The molecule has 0 spiro atoms. The molecule has 0 saturated carbocycles. The number of carbonyl (C=O) groups excluding carboxylic acids is 1. The average molecular weight is 372 g/mol. The van der Waals surface area contributed by atoms with Gasteiger partial charge in [0.15, 0.2) is 6.10 Å². The molecule has 0 radical (unpaired) electrons. The highest BCUT2D eigenvalue weighted by Gasteiger charge is 2.14. The SMILES string of the molecule is CC(=O)O[C@@H](C#C[Si](C)(C)C)c1ccc(I)cc1. The van der Waals surface area contributed by atoms with Crippen LogP contribution in [0, 0.1) is 15.0 Å². The first-order chi connectivity index (χ1) is 8.28. The number of esters is 1. The second kappa shape index (κ2) is 6.39. The van der Waals surface area contributed by atoms with Crippen LogP contribution in [0.2, 0.25) is 19.6 Å². The van der Waals surface area contributed by atoms with E-state index in [0.29, 0.717) is 0 Å². The summed E-state index contributed by atoms with van der Waals surface area (Å²) < 4.78 is 6.43. The third-order valence-corrected chi connectivity index (χ3v) is 3.65. The maximum absolute atomic E-state index is 11.1. The number of benzene rings is 1. The molecule has 1 atom stereocenters. The Morgan fingerprint density at radius 1 is 1.28 bits per heavy atom. The van der Waals surface area contributed by atoms with E-state index in [1.165, 1.54) is 6.92 Å². The van der Waals surface area contributed by atoms with Crippen LogP contribution in [-0.2, 0) is 9.53 Å². The molecule has 18 heavy (non-hydrogen) atoms. The monoisotopic (exact) mass is 372 g/mol. The fourth-order valence-electron chi connectivity index (χ4n) is 1.27. The summed E-state index contributed by atoms with van der Waals surface area (Å²) in [4.78, 5) is 11.1. The summed E-state index contributed by atoms with van der Waals surface area (Å²) in [6, 6.07) is 7.88. The van der Waals surface area contributed by atoms with Gasteiger partial charge < -0.3 is 4.74 Å². The topological polar surface area (TPSA) is 26.3 Å². The third kappa shape index (κ3) is 5.69. The van der Waals surface area contributed by atoms with E-state index in [4.69, 9.17) is 4.74 Å². The molecule has 0 heterocycles. The van der Waals surface area contributed by atoms with E-state index in [2.05, 4.69) is 53.7 Å². The first kappa shape index (κ1) is 15.3. The van der Waals surface area contributed by atoms with Gasteiger partial charge in [0.2, 0.25) is 0 Å². The molecule has 0 aliphatic carbocycles. The quantitative estimate of drug-likeness (QED) is 0.342. The third-order valence-electron chi connectivity index (χ3n) is 2.03. The second-order valence-electron chi connectivity index (χ2n) is 5.06. The van der Waals surface area contributed by atoms with Gasteiger partial charge in [-0.2, -0.15) is 0 Å². The van der Waals surface area contributed by atoms with Crippen LogP contribution in [0.4, 0.5) is 0 Å². The molecule has 1 aromatic carbocycles. The lowest BCUT2D eigenvalue weighted by Crippen LogP contribution is -2.17. The summed E-state index contributed by atoms with van der Waals surface area (Å²) in [6.45, 7) is 7.91. The van der Waals surface area contributed by atoms with Crippen molar-refractivity contribution in [2.45, 2.75) is 32.7 Å². The van der Waals surface area contributed by atoms with E-state index < -0.39 is 14.2 Å². The average Bonchev–Trinajstić information content (AvgIpc) is 2.24. The number of carbonyl (C=O) groups is 1. The lowest BCUT2D eigenvalue weighted by molar-refractivity contribution is -0.144. The van der Waals surface area contributed by atoms with Crippen LogP contribution in [0.3, 0.4) is 0 Å². The minimum Gasteiger partial charge on any atom is -0.444 e. The van der Waals surface area contributed by atoms with Crippen LogP contribution in [0.1, 0.15) is 18.6 Å². The number of rotatable bonds is 2. The maximum Gasteiger partial charge on any atom is 0.304 e. The molecule has 2 nitrogen and oxygen atoms in total. The maximum atomic E-state index is 11.1. The molecule has 1 aromatic rings. The Bertz CT molecular complexity index is 477. The highest BCUT2D eigenvalue weighted by Crippen LogP contribution is 2.18. The Morgan fingerprint density at radius 2 is 1.83 bits per heavy atom. The van der Waals surface area contributed by atoms with Gasteiger partial charge in [0.05, 0.1) is 0 Å². The van der Waals surface area contributed by atoms with Gasteiger partial charge in [-0.05, 0) is 34.7 Å². The lowest BCUT2D eigenvalue weighted by Gasteiger charge is -2.13. The van der Waals surface area contributed by atoms with E-state index >= 15 is 0 Å². The van der Waals surface area contributed by atoms with Crippen LogP contribution in [0.15, 0.2) is 24.3 Å². The van der Waals surface area contributed by atoms with Crippen LogP contribution in [0.5, 0.6) is 0 Å². The molecule has 1 rings (SSSR count). The predicted molar refractivity (Wildman–Crippen MR) is 84.8 cm³/mol. The van der Waals surface area contributed by atoms with Crippen molar-refractivity contribution in [2.75, 3.05) is 0 Å². The Balaban J connectivity index is 3.01. The predicted octanol–water partition coefficient (Wildman–Crippen LogP) is 3.78. The largest absolute Gasteiger partial charge is 0.444 e. The smallest absolute Gasteiger partial charge is 0.304 e. The van der Waals surface area contributed by atoms with Crippen LogP contribution in [0.25, 0.3) is 0 Å². The molecule has 96 valence electrons. The van der Waals surface area contributed by atoms with Gasteiger partial charge in [-0.1, -0.05) is 37.7 Å². The fourth-order valence-corrected chi connectivity index (χ4v) is 2.19. The number of hydrogen-bond donors (Lipinski definition) is 0. The molecule has 0 aliphatic rings. The van der Waals surface area contributed by atoms with Crippen molar-refractivity contribution in [3.8, 4) is 11.5 Å². The summed E-state index contributed by atoms with van der Waals surface area (Å²) in [5.41, 5.74) is 4.18. The molecule has 0 amide bonds. The highest BCUT2D eigenvalue weighted by molar-refractivity contribution is 14.1. The van der Waals surface area contributed by atoms with Gasteiger partial charge in [-0.15, -0.1) is 5.54 Å². The van der Waals surface area contributed by atoms with Gasteiger partial charge in [-0.25, -0.2) is 0 Å². The minimum atomic E-state index is -1.47. The standard InChI is InChI=1S/C14H17IO2Si/c1-11(16)17-14(9-10-18(2,3)4)12-5-7-13(15)8-6-12/h5-8,14H,1-4H3/t14-/m0/s1. The van der Waals surface area contributed by atoms with Crippen LogP contribution < -0.4 is 0 Å². The van der Waals surface area contributed by atoms with Crippen molar-refractivity contribution < 1.29 is 9.53 Å². The molecule has 0 aliphatic heterocycles. The van der Waals surface area contributed by atoms with Crippen molar-refractivity contribution in [3.05, 3.63) is 33.4 Å². The van der Waals surface area contributed by atoms with Crippen molar-refractivity contribution in [1.29, 1.82) is 0 Å². The Hall–Kier alpha value is -0.803. The molecular formula is C14H17IO2Si. The second-order valence-corrected chi connectivity index (χ2v) is 11.1. The summed E-state index contributed by atoms with van der Waals surface area (Å²) in [5, 5.41) is 0. The number of ether oxygens (including phenoxy) is 1. The fraction of sp³-hybridized carbons (Fsp3) is 0.357. The molecule has 0 bridgehead atoms. The summed E-state index contributed by atoms with van der Waals surface area (Å²) in [7, 11) is -1.47. The molecule has 0 fully saturated rings. The van der Waals surface area contributed by atoms with Gasteiger partial charge in [0.25, 0.3) is 0 Å². The molecule has 0 N–H and O–H groups in total. The Morgan fingerprint density at radius 3 is 2.28 bits per heavy atom. The summed E-state index contributed by atoms with van der Waals surface area (Å²) >= 11 is 2.24. The zero-order chi connectivity index (χ0) is 13.8. The molecule has 0 aromatic heterocycles. The van der Waals surface area contributed by atoms with Crippen molar-refractivity contribution in [2.24, 2.45) is 0 Å². The number of halogens is 1. The normalized spacial score (nSPS) is 12.3. The van der Waals surface area contributed by atoms with E-state index in [-0.39, 0.29) is 5.97 Å². The van der Waals surface area contributed by atoms with Crippen LogP contribution >= 0.6 is 22.6 Å². The lowest BCUT2D eigenvalue weighted by atomic mass is 10.1. The zero-order valence-corrected chi connectivity index (χ0v) is 14.2. The van der Waals surface area contributed by atoms with E-state index in [1.54, 1.807) is 0 Å². The first-order valence-electron chi connectivity index (χ1n) is 5.73. The first-order valence-corrected chi connectivity index (χ1v) is 10.3. The zero-order valence-electron chi connectivity index (χ0n) is 11.1. The summed E-state index contributed by atoms with van der Waals surface area (Å²) in [5.74, 6) is 2.79. The van der Waals surface area contributed by atoms with E-state index in [0.717, 1.165) is 9.13 Å². The molecule has 4 heteroatoms. The van der Waals surface area contributed by atoms with Crippen molar-refractivity contribution in [1.82, 2.24) is 0 Å².